The molecule has 0 fully saturated rings. The zero-order valence-corrected chi connectivity index (χ0v) is 13.5. The summed E-state index contributed by atoms with van der Waals surface area (Å²) < 4.78 is 0. The van der Waals surface area contributed by atoms with Crippen LogP contribution in [0.3, 0.4) is 0 Å². The number of rotatable bonds is 6. The molecular weight excluding hydrogens is 296 g/mol. The van der Waals surface area contributed by atoms with Crippen molar-refractivity contribution < 1.29 is 9.90 Å². The fraction of sp³-hybridized carbons (Fsp3) is 0.294. The topological polar surface area (TPSA) is 62.2 Å². The number of aliphatic hydroxyl groups is 1. The summed E-state index contributed by atoms with van der Waals surface area (Å²) in [5.74, 6) is -0.168. The molecule has 2 unspecified atom stereocenters. The van der Waals surface area contributed by atoms with Crippen LogP contribution in [0.25, 0.3) is 6.08 Å². The van der Waals surface area contributed by atoms with Crippen LogP contribution in [-0.2, 0) is 4.79 Å². The molecule has 0 saturated carbocycles. The van der Waals surface area contributed by atoms with Crippen LogP contribution in [0.15, 0.2) is 42.6 Å². The van der Waals surface area contributed by atoms with Gasteiger partial charge in [0, 0.05) is 23.2 Å². The van der Waals surface area contributed by atoms with E-state index in [2.05, 4.69) is 10.3 Å². The van der Waals surface area contributed by atoms with Crippen LogP contribution in [-0.4, -0.2) is 22.0 Å². The van der Waals surface area contributed by atoms with Crippen molar-refractivity contribution in [1.82, 2.24) is 10.3 Å². The van der Waals surface area contributed by atoms with Gasteiger partial charge in [-0.25, -0.2) is 4.98 Å². The molecule has 2 aromatic rings. The van der Waals surface area contributed by atoms with Crippen molar-refractivity contribution in [3.05, 3.63) is 58.1 Å². The van der Waals surface area contributed by atoms with E-state index in [4.69, 9.17) is 0 Å². The third kappa shape index (κ3) is 5.09. The van der Waals surface area contributed by atoms with Gasteiger partial charge in [0.1, 0.15) is 0 Å². The van der Waals surface area contributed by atoms with Gasteiger partial charge < -0.3 is 10.4 Å². The normalized spacial score (nSPS) is 14.0. The SMILES string of the molecule is Cc1ncc(/C=C/C(=O)NC(C)CC(O)c2ccccc2)s1. The standard InChI is InChI=1S/C17H20N2O2S/c1-12(10-16(20)14-6-4-3-5-7-14)19-17(21)9-8-15-11-18-13(2)22-15/h3-9,11-12,16,20H,10H2,1-2H3,(H,19,21)/b9-8+. The highest BCUT2D eigenvalue weighted by Gasteiger charge is 2.13. The number of benzene rings is 1. The second kappa shape index (κ2) is 7.87. The Morgan fingerprint density at radius 3 is 2.77 bits per heavy atom. The number of thiazole rings is 1. The number of aromatic nitrogens is 1. The number of nitrogens with zero attached hydrogens (tertiary/aromatic N) is 1. The van der Waals surface area contributed by atoms with Crippen LogP contribution in [0.2, 0.25) is 0 Å². The van der Waals surface area contributed by atoms with Gasteiger partial charge in [0.25, 0.3) is 0 Å². The van der Waals surface area contributed by atoms with Crippen molar-refractivity contribution in [3.63, 3.8) is 0 Å². The van der Waals surface area contributed by atoms with E-state index >= 15 is 0 Å². The summed E-state index contributed by atoms with van der Waals surface area (Å²) in [6, 6.07) is 9.34. The molecule has 1 aromatic heterocycles. The minimum Gasteiger partial charge on any atom is -0.388 e. The fourth-order valence-corrected chi connectivity index (χ4v) is 2.80. The summed E-state index contributed by atoms with van der Waals surface area (Å²) in [5.41, 5.74) is 0.860. The Hall–Kier alpha value is -1.98. The number of aryl methyl sites for hydroxylation is 1. The van der Waals surface area contributed by atoms with E-state index < -0.39 is 6.10 Å². The van der Waals surface area contributed by atoms with Gasteiger partial charge in [-0.3, -0.25) is 4.79 Å². The minimum atomic E-state index is -0.579. The number of amides is 1. The first kappa shape index (κ1) is 16.4. The van der Waals surface area contributed by atoms with E-state index in [0.29, 0.717) is 6.42 Å². The highest BCUT2D eigenvalue weighted by atomic mass is 32.1. The van der Waals surface area contributed by atoms with Crippen LogP contribution >= 0.6 is 11.3 Å². The first-order valence-electron chi connectivity index (χ1n) is 7.18. The van der Waals surface area contributed by atoms with Gasteiger partial charge in [-0.05, 0) is 31.9 Å². The molecule has 0 aliphatic carbocycles. The lowest BCUT2D eigenvalue weighted by Crippen LogP contribution is -2.32. The van der Waals surface area contributed by atoms with Gasteiger partial charge in [-0.15, -0.1) is 11.3 Å². The third-order valence-electron chi connectivity index (χ3n) is 3.19. The number of carbonyl (C=O) groups is 1. The quantitative estimate of drug-likeness (QED) is 0.805. The summed E-state index contributed by atoms with van der Waals surface area (Å²) in [6.45, 7) is 3.81. The number of carbonyl (C=O) groups excluding carboxylic acids is 1. The van der Waals surface area contributed by atoms with Crippen molar-refractivity contribution in [2.24, 2.45) is 0 Å². The molecule has 0 bridgehead atoms. The first-order chi connectivity index (χ1) is 10.5. The summed E-state index contributed by atoms with van der Waals surface area (Å²) in [7, 11) is 0. The maximum atomic E-state index is 11.9. The zero-order valence-electron chi connectivity index (χ0n) is 12.7. The second-order valence-electron chi connectivity index (χ2n) is 5.19. The second-order valence-corrected chi connectivity index (χ2v) is 6.45. The first-order valence-corrected chi connectivity index (χ1v) is 8.00. The Kier molecular flexibility index (Phi) is 5.86. The van der Waals surface area contributed by atoms with Gasteiger partial charge >= 0.3 is 0 Å². The molecular formula is C17H20N2O2S. The summed E-state index contributed by atoms with van der Waals surface area (Å²) in [4.78, 5) is 16.9. The molecule has 4 nitrogen and oxygen atoms in total. The molecule has 1 heterocycles. The van der Waals surface area contributed by atoms with Gasteiger partial charge in [-0.1, -0.05) is 30.3 Å². The van der Waals surface area contributed by atoms with Crippen LogP contribution in [0.4, 0.5) is 0 Å². The van der Waals surface area contributed by atoms with E-state index in [1.165, 1.54) is 17.4 Å². The Balaban J connectivity index is 1.82. The molecule has 2 rings (SSSR count). The van der Waals surface area contributed by atoms with Crippen LogP contribution < -0.4 is 5.32 Å². The average molecular weight is 316 g/mol. The lowest BCUT2D eigenvalue weighted by molar-refractivity contribution is -0.117. The Morgan fingerprint density at radius 2 is 2.14 bits per heavy atom. The number of hydrogen-bond acceptors (Lipinski definition) is 4. The highest BCUT2D eigenvalue weighted by Crippen LogP contribution is 2.17. The number of nitrogens with one attached hydrogen (secondary N) is 1. The largest absolute Gasteiger partial charge is 0.388 e. The van der Waals surface area contributed by atoms with Crippen molar-refractivity contribution in [2.45, 2.75) is 32.4 Å². The predicted octanol–water partition coefficient (Wildman–Crippen LogP) is 3.09. The van der Waals surface area contributed by atoms with Crippen molar-refractivity contribution in [2.75, 3.05) is 0 Å². The van der Waals surface area contributed by atoms with Crippen LogP contribution in [0.1, 0.15) is 34.9 Å². The highest BCUT2D eigenvalue weighted by molar-refractivity contribution is 7.12. The Morgan fingerprint density at radius 1 is 1.41 bits per heavy atom. The molecule has 0 radical (unpaired) electrons. The number of aliphatic hydroxyl groups excluding tert-OH is 1. The molecule has 2 N–H and O–H groups in total. The molecule has 22 heavy (non-hydrogen) atoms. The maximum absolute atomic E-state index is 11.9. The molecule has 0 spiro atoms. The monoisotopic (exact) mass is 316 g/mol. The van der Waals surface area contributed by atoms with Gasteiger partial charge in [0.15, 0.2) is 0 Å². The molecule has 5 heteroatoms. The van der Waals surface area contributed by atoms with E-state index in [9.17, 15) is 9.90 Å². The fourth-order valence-electron chi connectivity index (χ4n) is 2.11. The summed E-state index contributed by atoms with van der Waals surface area (Å²) in [6.07, 6.45) is 4.89. The Bertz CT molecular complexity index is 637. The van der Waals surface area contributed by atoms with Gasteiger partial charge in [0.05, 0.1) is 11.1 Å². The molecule has 116 valence electrons. The van der Waals surface area contributed by atoms with E-state index in [1.807, 2.05) is 44.2 Å². The molecule has 0 aliphatic rings. The van der Waals surface area contributed by atoms with Gasteiger partial charge in [-0.2, -0.15) is 0 Å². The van der Waals surface area contributed by atoms with E-state index in [-0.39, 0.29) is 11.9 Å². The maximum Gasteiger partial charge on any atom is 0.244 e. The zero-order chi connectivity index (χ0) is 15.9. The molecule has 0 saturated heterocycles. The minimum absolute atomic E-state index is 0.115. The van der Waals surface area contributed by atoms with Gasteiger partial charge in [0.2, 0.25) is 5.91 Å². The predicted molar refractivity (Wildman–Crippen MR) is 89.5 cm³/mol. The molecule has 1 amide bonds. The van der Waals surface area contributed by atoms with Crippen LogP contribution in [0, 0.1) is 6.92 Å². The van der Waals surface area contributed by atoms with Crippen molar-refractivity contribution in [3.8, 4) is 0 Å². The van der Waals surface area contributed by atoms with Crippen molar-refractivity contribution in [1.29, 1.82) is 0 Å². The van der Waals surface area contributed by atoms with E-state index in [1.54, 1.807) is 12.3 Å². The molecule has 0 aliphatic heterocycles. The Labute approximate surface area is 134 Å². The smallest absolute Gasteiger partial charge is 0.244 e. The average Bonchev–Trinajstić information content (AvgIpc) is 2.91. The van der Waals surface area contributed by atoms with Crippen molar-refractivity contribution >= 4 is 23.3 Å². The molecule has 2 atom stereocenters. The van der Waals surface area contributed by atoms with E-state index in [0.717, 1.165) is 15.4 Å². The van der Waals surface area contributed by atoms with Crippen LogP contribution in [0.5, 0.6) is 0 Å². The lowest BCUT2D eigenvalue weighted by Gasteiger charge is -2.17. The third-order valence-corrected chi connectivity index (χ3v) is 4.07. The summed E-state index contributed by atoms with van der Waals surface area (Å²) in [5, 5.41) is 14.0. The summed E-state index contributed by atoms with van der Waals surface area (Å²) >= 11 is 1.54. The molecule has 1 aromatic carbocycles. The lowest BCUT2D eigenvalue weighted by atomic mass is 10.0. The number of hydrogen-bond donors (Lipinski definition) is 2.